The SMILES string of the molecule is Cc1ccc(NC(=S)NNC(=O)c2ccc(CN(C)C)o2)cc1. The molecule has 0 atom stereocenters. The van der Waals surface area contributed by atoms with E-state index >= 15 is 0 Å². The number of nitrogens with zero attached hydrogens (tertiary/aromatic N) is 1. The summed E-state index contributed by atoms with van der Waals surface area (Å²) in [5.74, 6) is 0.566. The molecule has 2 aromatic rings. The van der Waals surface area contributed by atoms with Crippen LogP contribution in [0.2, 0.25) is 0 Å². The first-order chi connectivity index (χ1) is 10.9. The van der Waals surface area contributed by atoms with Crippen LogP contribution in [0.1, 0.15) is 21.9 Å². The van der Waals surface area contributed by atoms with Crippen LogP contribution in [-0.4, -0.2) is 30.0 Å². The molecule has 0 saturated carbocycles. The lowest BCUT2D eigenvalue weighted by molar-refractivity contribution is 0.0913. The van der Waals surface area contributed by atoms with E-state index in [2.05, 4.69) is 16.2 Å². The lowest BCUT2D eigenvalue weighted by Crippen LogP contribution is -2.43. The standard InChI is InChI=1S/C16H20N4O2S/c1-11-4-6-12(7-5-11)17-16(23)19-18-15(21)14-9-8-13(22-14)10-20(2)3/h4-9H,10H2,1-3H3,(H,18,21)(H2,17,19,23). The van der Waals surface area contributed by atoms with Gasteiger partial charge < -0.3 is 14.6 Å². The first kappa shape index (κ1) is 17.0. The Kier molecular flexibility index (Phi) is 5.72. The molecule has 2 rings (SSSR count). The first-order valence-corrected chi connectivity index (χ1v) is 7.52. The molecule has 1 amide bonds. The van der Waals surface area contributed by atoms with Gasteiger partial charge in [0.25, 0.3) is 0 Å². The number of carbonyl (C=O) groups is 1. The smallest absolute Gasteiger partial charge is 0.305 e. The zero-order valence-electron chi connectivity index (χ0n) is 13.3. The number of amides is 1. The highest BCUT2D eigenvalue weighted by atomic mass is 32.1. The Balaban J connectivity index is 1.82. The van der Waals surface area contributed by atoms with Crippen molar-refractivity contribution >= 4 is 28.9 Å². The third-order valence-electron chi connectivity index (χ3n) is 2.96. The molecular weight excluding hydrogens is 312 g/mol. The van der Waals surface area contributed by atoms with Crippen molar-refractivity contribution < 1.29 is 9.21 Å². The average molecular weight is 332 g/mol. The number of anilines is 1. The Morgan fingerprint density at radius 2 is 1.83 bits per heavy atom. The van der Waals surface area contributed by atoms with Gasteiger partial charge >= 0.3 is 5.91 Å². The van der Waals surface area contributed by atoms with E-state index in [-0.39, 0.29) is 11.7 Å². The van der Waals surface area contributed by atoms with Gasteiger partial charge in [0.1, 0.15) is 5.76 Å². The molecule has 0 aliphatic carbocycles. The minimum atomic E-state index is -0.386. The van der Waals surface area contributed by atoms with Gasteiger partial charge in [0.2, 0.25) is 0 Å². The van der Waals surface area contributed by atoms with E-state index in [1.807, 2.05) is 50.2 Å². The predicted molar refractivity (Wildman–Crippen MR) is 94.1 cm³/mol. The van der Waals surface area contributed by atoms with Gasteiger partial charge in [-0.05, 0) is 57.5 Å². The molecule has 1 aromatic carbocycles. The van der Waals surface area contributed by atoms with E-state index in [0.717, 1.165) is 17.0 Å². The largest absolute Gasteiger partial charge is 0.454 e. The summed E-state index contributed by atoms with van der Waals surface area (Å²) in [7, 11) is 3.86. The number of hydrazine groups is 1. The number of thiocarbonyl (C=S) groups is 1. The summed E-state index contributed by atoms with van der Waals surface area (Å²) in [5.41, 5.74) is 7.14. The maximum absolute atomic E-state index is 12.0. The molecule has 23 heavy (non-hydrogen) atoms. The van der Waals surface area contributed by atoms with Crippen LogP contribution in [0.3, 0.4) is 0 Å². The lowest BCUT2D eigenvalue weighted by Gasteiger charge is -2.11. The summed E-state index contributed by atoms with van der Waals surface area (Å²) in [4.78, 5) is 13.9. The molecule has 0 bridgehead atoms. The molecule has 0 saturated heterocycles. The summed E-state index contributed by atoms with van der Waals surface area (Å²) < 4.78 is 5.46. The van der Waals surface area contributed by atoms with Crippen LogP contribution in [0.5, 0.6) is 0 Å². The Morgan fingerprint density at radius 3 is 2.48 bits per heavy atom. The van der Waals surface area contributed by atoms with Gasteiger partial charge in [0.15, 0.2) is 10.9 Å². The van der Waals surface area contributed by atoms with E-state index < -0.39 is 0 Å². The molecule has 0 fully saturated rings. The van der Waals surface area contributed by atoms with Crippen LogP contribution in [-0.2, 0) is 6.54 Å². The number of aryl methyl sites for hydroxylation is 1. The van der Waals surface area contributed by atoms with Gasteiger partial charge in [-0.15, -0.1) is 0 Å². The van der Waals surface area contributed by atoms with Gasteiger partial charge in [-0.3, -0.25) is 15.6 Å². The van der Waals surface area contributed by atoms with Crippen molar-refractivity contribution in [1.29, 1.82) is 0 Å². The van der Waals surface area contributed by atoms with E-state index in [9.17, 15) is 4.79 Å². The number of rotatable bonds is 4. The Labute approximate surface area is 140 Å². The minimum Gasteiger partial charge on any atom is -0.454 e. The molecule has 0 unspecified atom stereocenters. The fourth-order valence-electron chi connectivity index (χ4n) is 1.87. The van der Waals surface area contributed by atoms with Crippen molar-refractivity contribution in [1.82, 2.24) is 15.8 Å². The van der Waals surface area contributed by atoms with Crippen LogP contribution >= 0.6 is 12.2 Å². The van der Waals surface area contributed by atoms with Crippen molar-refractivity contribution in [2.45, 2.75) is 13.5 Å². The van der Waals surface area contributed by atoms with Crippen LogP contribution < -0.4 is 16.2 Å². The molecule has 0 aliphatic rings. The van der Waals surface area contributed by atoms with Crippen molar-refractivity contribution in [3.63, 3.8) is 0 Å². The molecule has 3 N–H and O–H groups in total. The Morgan fingerprint density at radius 1 is 1.13 bits per heavy atom. The van der Waals surface area contributed by atoms with Gasteiger partial charge in [-0.2, -0.15) is 0 Å². The average Bonchev–Trinajstić information content (AvgIpc) is 2.95. The first-order valence-electron chi connectivity index (χ1n) is 7.11. The second-order valence-corrected chi connectivity index (χ2v) is 5.81. The van der Waals surface area contributed by atoms with Crippen molar-refractivity contribution in [2.24, 2.45) is 0 Å². The zero-order chi connectivity index (χ0) is 16.8. The minimum absolute atomic E-state index is 0.229. The van der Waals surface area contributed by atoms with Crippen LogP contribution in [0, 0.1) is 6.92 Å². The maximum atomic E-state index is 12.0. The highest BCUT2D eigenvalue weighted by Crippen LogP contribution is 2.09. The molecule has 1 heterocycles. The summed E-state index contributed by atoms with van der Waals surface area (Å²) in [5, 5.41) is 3.27. The van der Waals surface area contributed by atoms with E-state index in [0.29, 0.717) is 11.7 Å². The summed E-state index contributed by atoms with van der Waals surface area (Å²) in [6.07, 6.45) is 0. The summed E-state index contributed by atoms with van der Waals surface area (Å²) >= 11 is 5.13. The predicted octanol–water partition coefficient (Wildman–Crippen LogP) is 2.28. The van der Waals surface area contributed by atoms with Gasteiger partial charge in [0.05, 0.1) is 6.54 Å². The molecule has 7 heteroatoms. The van der Waals surface area contributed by atoms with Crippen LogP contribution in [0.15, 0.2) is 40.8 Å². The lowest BCUT2D eigenvalue weighted by atomic mass is 10.2. The monoisotopic (exact) mass is 332 g/mol. The zero-order valence-corrected chi connectivity index (χ0v) is 14.2. The van der Waals surface area contributed by atoms with E-state index in [1.54, 1.807) is 12.1 Å². The number of nitrogens with one attached hydrogen (secondary N) is 3. The maximum Gasteiger partial charge on any atom is 0.305 e. The summed E-state index contributed by atoms with van der Waals surface area (Å²) in [6.45, 7) is 2.64. The van der Waals surface area contributed by atoms with E-state index in [4.69, 9.17) is 16.6 Å². The van der Waals surface area contributed by atoms with Crippen molar-refractivity contribution in [2.75, 3.05) is 19.4 Å². The second kappa shape index (κ2) is 7.75. The molecule has 0 radical (unpaired) electrons. The number of furan rings is 1. The fourth-order valence-corrected chi connectivity index (χ4v) is 2.04. The van der Waals surface area contributed by atoms with Crippen molar-refractivity contribution in [3.8, 4) is 0 Å². The molecule has 6 nitrogen and oxygen atoms in total. The quantitative estimate of drug-likeness (QED) is 0.589. The number of carbonyl (C=O) groups excluding carboxylic acids is 1. The van der Waals surface area contributed by atoms with Gasteiger partial charge in [-0.1, -0.05) is 17.7 Å². The van der Waals surface area contributed by atoms with E-state index in [1.165, 1.54) is 0 Å². The Hall–Kier alpha value is -2.38. The number of hydrogen-bond donors (Lipinski definition) is 3. The van der Waals surface area contributed by atoms with Gasteiger partial charge in [-0.25, -0.2) is 0 Å². The third-order valence-corrected chi connectivity index (χ3v) is 3.16. The van der Waals surface area contributed by atoms with Gasteiger partial charge in [0, 0.05) is 5.69 Å². The molecule has 122 valence electrons. The van der Waals surface area contributed by atoms with Crippen LogP contribution in [0.25, 0.3) is 0 Å². The normalized spacial score (nSPS) is 10.4. The molecule has 1 aromatic heterocycles. The summed E-state index contributed by atoms with van der Waals surface area (Å²) in [6, 6.07) is 11.2. The Bertz CT molecular complexity index is 680. The van der Waals surface area contributed by atoms with Crippen molar-refractivity contribution in [3.05, 3.63) is 53.5 Å². The van der Waals surface area contributed by atoms with Crippen LogP contribution in [0.4, 0.5) is 5.69 Å². The highest BCUT2D eigenvalue weighted by molar-refractivity contribution is 7.80. The fraction of sp³-hybridized carbons (Fsp3) is 0.250. The molecule has 0 spiro atoms. The molecule has 0 aliphatic heterocycles. The highest BCUT2D eigenvalue weighted by Gasteiger charge is 2.11. The molecular formula is C16H20N4O2S. The number of benzene rings is 1. The topological polar surface area (TPSA) is 69.5 Å². The number of hydrogen-bond acceptors (Lipinski definition) is 4. The second-order valence-electron chi connectivity index (χ2n) is 5.40. The third kappa shape index (κ3) is 5.39.